The quantitative estimate of drug-likeness (QED) is 0.632. The molecule has 0 amide bonds. The summed E-state index contributed by atoms with van der Waals surface area (Å²) in [6.07, 6.45) is 4.15. The van der Waals surface area contributed by atoms with Crippen LogP contribution in [0.5, 0.6) is 11.5 Å². The highest BCUT2D eigenvalue weighted by atomic mass is 16.5. The number of hydrogen-bond donors (Lipinski definition) is 3. The molecule has 2 aliphatic rings. The van der Waals surface area contributed by atoms with Gasteiger partial charge in [-0.15, -0.1) is 10.2 Å². The highest BCUT2D eigenvalue weighted by Crippen LogP contribution is 2.41. The number of pyridine rings is 1. The minimum absolute atomic E-state index is 0.164. The van der Waals surface area contributed by atoms with Crippen LogP contribution < -0.4 is 10.1 Å². The van der Waals surface area contributed by atoms with Crippen molar-refractivity contribution in [3.05, 3.63) is 36.2 Å². The SMILES string of the molecule is Oc1c(-c2nnc(NC3CCOCC3O)c3cnccc23)ccc2c1CCO2. The molecule has 0 spiro atoms. The summed E-state index contributed by atoms with van der Waals surface area (Å²) < 4.78 is 10.8. The van der Waals surface area contributed by atoms with Gasteiger partial charge in [-0.05, 0) is 24.6 Å². The number of nitrogens with zero attached hydrogens (tertiary/aromatic N) is 3. The Balaban J connectivity index is 1.59. The number of rotatable bonds is 3. The predicted molar refractivity (Wildman–Crippen MR) is 102 cm³/mol. The number of fused-ring (bicyclic) bond motifs is 2. The number of aromatic nitrogens is 3. The van der Waals surface area contributed by atoms with Gasteiger partial charge in [0.25, 0.3) is 0 Å². The summed E-state index contributed by atoms with van der Waals surface area (Å²) in [5.74, 6) is 1.46. The second-order valence-corrected chi connectivity index (χ2v) is 7.04. The van der Waals surface area contributed by atoms with Crippen LogP contribution in [0.2, 0.25) is 0 Å². The summed E-state index contributed by atoms with van der Waals surface area (Å²) in [5, 5.41) is 34.6. The molecular weight excluding hydrogens is 360 g/mol. The maximum Gasteiger partial charge on any atom is 0.158 e. The van der Waals surface area contributed by atoms with E-state index in [1.807, 2.05) is 12.1 Å². The monoisotopic (exact) mass is 380 g/mol. The van der Waals surface area contributed by atoms with Crippen LogP contribution in [0.25, 0.3) is 22.0 Å². The van der Waals surface area contributed by atoms with E-state index in [1.54, 1.807) is 18.5 Å². The van der Waals surface area contributed by atoms with E-state index in [2.05, 4.69) is 20.5 Å². The third-order valence-electron chi connectivity index (χ3n) is 5.33. The fourth-order valence-electron chi connectivity index (χ4n) is 3.82. The second kappa shape index (κ2) is 6.88. The Morgan fingerprint density at radius 2 is 2.04 bits per heavy atom. The van der Waals surface area contributed by atoms with Crippen molar-refractivity contribution in [3.8, 4) is 22.8 Å². The Kier molecular flexibility index (Phi) is 4.22. The van der Waals surface area contributed by atoms with Crippen LogP contribution in [0.1, 0.15) is 12.0 Å². The normalized spacial score (nSPS) is 21.3. The van der Waals surface area contributed by atoms with Crippen molar-refractivity contribution in [2.75, 3.05) is 25.1 Å². The number of phenols is 1. The fourth-order valence-corrected chi connectivity index (χ4v) is 3.82. The van der Waals surface area contributed by atoms with Gasteiger partial charge >= 0.3 is 0 Å². The van der Waals surface area contributed by atoms with Crippen LogP contribution >= 0.6 is 0 Å². The highest BCUT2D eigenvalue weighted by Gasteiger charge is 2.26. The lowest BCUT2D eigenvalue weighted by Crippen LogP contribution is -2.42. The van der Waals surface area contributed by atoms with Gasteiger partial charge in [-0.1, -0.05) is 0 Å². The van der Waals surface area contributed by atoms with Crippen molar-refractivity contribution in [3.63, 3.8) is 0 Å². The molecule has 4 heterocycles. The molecule has 8 heteroatoms. The molecule has 0 radical (unpaired) electrons. The number of aromatic hydroxyl groups is 1. The molecule has 5 rings (SSSR count). The topological polar surface area (TPSA) is 110 Å². The summed E-state index contributed by atoms with van der Waals surface area (Å²) in [7, 11) is 0. The Hall–Kier alpha value is -2.97. The molecule has 0 bridgehead atoms. The van der Waals surface area contributed by atoms with Gasteiger partial charge in [-0.2, -0.15) is 0 Å². The molecule has 2 aliphatic heterocycles. The zero-order chi connectivity index (χ0) is 19.1. The fraction of sp³-hybridized carbons (Fsp3) is 0.350. The standard InChI is InChI=1S/C20H20N4O4/c25-16-10-27-7-5-15(16)22-20-14-9-21-6-3-11(14)18(23-24-20)13-1-2-17-12(19(13)26)4-8-28-17/h1-3,6,9,15-16,25-26H,4-5,7-8,10H2,(H,22,24). The first-order chi connectivity index (χ1) is 13.7. The predicted octanol–water partition coefficient (Wildman–Crippen LogP) is 1.89. The summed E-state index contributed by atoms with van der Waals surface area (Å²) in [6, 6.07) is 5.35. The lowest BCUT2D eigenvalue weighted by Gasteiger charge is -2.29. The minimum Gasteiger partial charge on any atom is -0.507 e. The molecule has 0 saturated carbocycles. The van der Waals surface area contributed by atoms with Crippen molar-refractivity contribution >= 4 is 16.6 Å². The van der Waals surface area contributed by atoms with Crippen molar-refractivity contribution in [2.24, 2.45) is 0 Å². The molecule has 3 N–H and O–H groups in total. The Bertz CT molecular complexity index is 1040. The van der Waals surface area contributed by atoms with Gasteiger partial charge in [-0.3, -0.25) is 4.98 Å². The molecule has 2 aromatic heterocycles. The number of ether oxygens (including phenoxy) is 2. The average Bonchev–Trinajstić information content (AvgIpc) is 3.20. The van der Waals surface area contributed by atoms with E-state index in [4.69, 9.17) is 9.47 Å². The number of aliphatic hydroxyl groups is 1. The van der Waals surface area contributed by atoms with Gasteiger partial charge in [0.2, 0.25) is 0 Å². The van der Waals surface area contributed by atoms with Crippen LogP contribution in [-0.4, -0.2) is 57.4 Å². The van der Waals surface area contributed by atoms with E-state index in [9.17, 15) is 10.2 Å². The van der Waals surface area contributed by atoms with E-state index >= 15 is 0 Å². The third-order valence-corrected chi connectivity index (χ3v) is 5.33. The minimum atomic E-state index is -0.609. The van der Waals surface area contributed by atoms with Crippen LogP contribution in [0.4, 0.5) is 5.82 Å². The lowest BCUT2D eigenvalue weighted by molar-refractivity contribution is -0.0135. The number of hydrogen-bond acceptors (Lipinski definition) is 8. The molecule has 1 aromatic carbocycles. The number of phenolic OH excluding ortho intramolecular Hbond substituents is 1. The first-order valence-electron chi connectivity index (χ1n) is 9.33. The van der Waals surface area contributed by atoms with Gasteiger partial charge in [0.1, 0.15) is 17.2 Å². The van der Waals surface area contributed by atoms with Crippen LogP contribution in [0.15, 0.2) is 30.6 Å². The van der Waals surface area contributed by atoms with Gasteiger partial charge in [0.15, 0.2) is 5.82 Å². The second-order valence-electron chi connectivity index (χ2n) is 7.04. The number of anilines is 1. The maximum atomic E-state index is 10.8. The number of aliphatic hydroxyl groups excluding tert-OH is 1. The van der Waals surface area contributed by atoms with E-state index in [0.29, 0.717) is 55.5 Å². The lowest BCUT2D eigenvalue weighted by atomic mass is 10.0. The molecule has 2 atom stereocenters. The van der Waals surface area contributed by atoms with Gasteiger partial charge in [-0.25, -0.2) is 0 Å². The average molecular weight is 380 g/mol. The van der Waals surface area contributed by atoms with Gasteiger partial charge < -0.3 is 25.0 Å². The third kappa shape index (κ3) is 2.81. The molecule has 1 saturated heterocycles. The van der Waals surface area contributed by atoms with Crippen LogP contribution in [-0.2, 0) is 11.2 Å². The van der Waals surface area contributed by atoms with Crippen molar-refractivity contribution in [2.45, 2.75) is 25.0 Å². The summed E-state index contributed by atoms with van der Waals surface area (Å²) in [6.45, 7) is 1.45. The first kappa shape index (κ1) is 17.2. The summed E-state index contributed by atoms with van der Waals surface area (Å²) in [4.78, 5) is 4.22. The van der Waals surface area contributed by atoms with E-state index in [-0.39, 0.29) is 11.8 Å². The van der Waals surface area contributed by atoms with Crippen molar-refractivity contribution in [1.29, 1.82) is 0 Å². The molecule has 8 nitrogen and oxygen atoms in total. The zero-order valence-corrected chi connectivity index (χ0v) is 15.1. The Morgan fingerprint density at radius 1 is 1.11 bits per heavy atom. The van der Waals surface area contributed by atoms with E-state index in [0.717, 1.165) is 16.3 Å². The Labute approximate surface area is 161 Å². The van der Waals surface area contributed by atoms with Crippen LogP contribution in [0, 0.1) is 0 Å². The van der Waals surface area contributed by atoms with E-state index in [1.165, 1.54) is 0 Å². The largest absolute Gasteiger partial charge is 0.507 e. The number of benzene rings is 1. The summed E-state index contributed by atoms with van der Waals surface area (Å²) >= 11 is 0. The van der Waals surface area contributed by atoms with Crippen molar-refractivity contribution < 1.29 is 19.7 Å². The molecule has 1 fully saturated rings. The highest BCUT2D eigenvalue weighted by molar-refractivity contribution is 6.00. The Morgan fingerprint density at radius 3 is 2.93 bits per heavy atom. The number of nitrogens with one attached hydrogen (secondary N) is 1. The first-order valence-corrected chi connectivity index (χ1v) is 9.33. The zero-order valence-electron chi connectivity index (χ0n) is 15.1. The van der Waals surface area contributed by atoms with Gasteiger partial charge in [0.05, 0.1) is 25.4 Å². The molecule has 0 aliphatic carbocycles. The van der Waals surface area contributed by atoms with Crippen molar-refractivity contribution in [1.82, 2.24) is 15.2 Å². The molecule has 2 unspecified atom stereocenters. The van der Waals surface area contributed by atoms with Gasteiger partial charge in [0, 0.05) is 47.3 Å². The molecule has 28 heavy (non-hydrogen) atoms. The summed E-state index contributed by atoms with van der Waals surface area (Å²) in [5.41, 5.74) is 2.00. The smallest absolute Gasteiger partial charge is 0.158 e. The molecular formula is C20H20N4O4. The van der Waals surface area contributed by atoms with E-state index < -0.39 is 6.10 Å². The maximum absolute atomic E-state index is 10.8. The van der Waals surface area contributed by atoms with Crippen LogP contribution in [0.3, 0.4) is 0 Å². The molecule has 3 aromatic rings. The molecule has 144 valence electrons.